The second-order valence-electron chi connectivity index (χ2n) is 2.87. The summed E-state index contributed by atoms with van der Waals surface area (Å²) in [5, 5.41) is 20.2. The summed E-state index contributed by atoms with van der Waals surface area (Å²) in [7, 11) is 0. The summed E-state index contributed by atoms with van der Waals surface area (Å²) in [6.07, 6.45) is 4.28. The molecule has 82 valence electrons. The van der Waals surface area contributed by atoms with E-state index in [2.05, 4.69) is 0 Å². The zero-order chi connectivity index (χ0) is 12.0. The van der Waals surface area contributed by atoms with Crippen molar-refractivity contribution in [3.8, 4) is 0 Å². The van der Waals surface area contributed by atoms with Crippen molar-refractivity contribution in [2.24, 2.45) is 0 Å². The molecule has 0 saturated heterocycles. The third-order valence-electron chi connectivity index (χ3n) is 1.69. The molecule has 0 amide bonds. The average molecular weight is 220 g/mol. The monoisotopic (exact) mass is 220 g/mol. The zero-order valence-corrected chi connectivity index (χ0v) is 8.15. The molecule has 6 heteroatoms. The van der Waals surface area contributed by atoms with E-state index in [-0.39, 0.29) is 0 Å². The molecule has 0 spiro atoms. The van der Waals surface area contributed by atoms with Crippen LogP contribution >= 0.6 is 0 Å². The van der Waals surface area contributed by atoms with Gasteiger partial charge in [-0.25, -0.2) is 0 Å². The van der Waals surface area contributed by atoms with Crippen LogP contribution in [0, 0.1) is 20.2 Å². The Hall–Kier alpha value is -2.50. The molecule has 0 aliphatic heterocycles. The first kappa shape index (κ1) is 11.6. The van der Waals surface area contributed by atoms with E-state index in [1.165, 1.54) is 12.2 Å². The van der Waals surface area contributed by atoms with E-state index in [0.29, 0.717) is 11.1 Å². The molecule has 0 fully saturated rings. The highest BCUT2D eigenvalue weighted by Gasteiger charge is 1.94. The molecule has 0 N–H and O–H groups in total. The summed E-state index contributed by atoms with van der Waals surface area (Å²) in [5.41, 5.74) is 1.23. The van der Waals surface area contributed by atoms with Gasteiger partial charge in [0, 0.05) is 12.2 Å². The zero-order valence-electron chi connectivity index (χ0n) is 8.15. The highest BCUT2D eigenvalue weighted by molar-refractivity contribution is 5.56. The second-order valence-corrected chi connectivity index (χ2v) is 2.87. The van der Waals surface area contributed by atoms with Crippen LogP contribution < -0.4 is 0 Å². The van der Waals surface area contributed by atoms with Crippen LogP contribution in [0.5, 0.6) is 0 Å². The second kappa shape index (κ2) is 5.40. The van der Waals surface area contributed by atoms with Crippen molar-refractivity contribution in [1.82, 2.24) is 0 Å². The Kier molecular flexibility index (Phi) is 3.90. The van der Waals surface area contributed by atoms with Gasteiger partial charge in [0.15, 0.2) is 0 Å². The molecule has 1 aromatic rings. The maximum Gasteiger partial charge on any atom is 0.235 e. The van der Waals surface area contributed by atoms with Gasteiger partial charge >= 0.3 is 0 Å². The molecule has 0 radical (unpaired) electrons. The fourth-order valence-electron chi connectivity index (χ4n) is 1.06. The van der Waals surface area contributed by atoms with Crippen LogP contribution in [-0.4, -0.2) is 9.85 Å². The van der Waals surface area contributed by atoms with Crippen LogP contribution in [0.4, 0.5) is 0 Å². The highest BCUT2D eigenvalue weighted by Crippen LogP contribution is 2.08. The summed E-state index contributed by atoms with van der Waals surface area (Å²) >= 11 is 0. The largest absolute Gasteiger partial charge is 0.259 e. The van der Waals surface area contributed by atoms with Gasteiger partial charge in [-0.15, -0.1) is 0 Å². The van der Waals surface area contributed by atoms with E-state index >= 15 is 0 Å². The number of hydrogen-bond acceptors (Lipinski definition) is 4. The fraction of sp³-hybridized carbons (Fsp3) is 0. The molecule has 0 aliphatic rings. The Morgan fingerprint density at radius 3 is 1.75 bits per heavy atom. The molecule has 0 bridgehead atoms. The van der Waals surface area contributed by atoms with E-state index in [0.717, 1.165) is 12.4 Å². The number of benzene rings is 1. The van der Waals surface area contributed by atoms with Crippen LogP contribution in [-0.2, 0) is 0 Å². The molecule has 0 aromatic heterocycles. The molecule has 1 aromatic carbocycles. The Morgan fingerprint density at radius 1 is 0.938 bits per heavy atom. The maximum atomic E-state index is 10.1. The van der Waals surface area contributed by atoms with Crippen LogP contribution in [0.1, 0.15) is 11.1 Å². The van der Waals surface area contributed by atoms with Gasteiger partial charge < -0.3 is 0 Å². The summed E-state index contributed by atoms with van der Waals surface area (Å²) in [6.45, 7) is 0. The van der Waals surface area contributed by atoms with Crippen LogP contribution in [0.25, 0.3) is 12.2 Å². The molecule has 0 unspecified atom stereocenters. The van der Waals surface area contributed by atoms with Crippen molar-refractivity contribution in [1.29, 1.82) is 0 Å². The minimum absolute atomic E-state index is 0.570. The predicted octanol–water partition coefficient (Wildman–Crippen LogP) is 2.18. The predicted molar refractivity (Wildman–Crippen MR) is 58.5 cm³/mol. The number of rotatable bonds is 4. The van der Waals surface area contributed by atoms with E-state index in [1.807, 2.05) is 0 Å². The molecule has 1 rings (SSSR count). The Labute approximate surface area is 90.8 Å². The van der Waals surface area contributed by atoms with Gasteiger partial charge in [-0.1, -0.05) is 18.2 Å². The average Bonchev–Trinajstić information content (AvgIpc) is 2.24. The van der Waals surface area contributed by atoms with Crippen molar-refractivity contribution >= 4 is 12.2 Å². The normalized spacial score (nSPS) is 11.0. The molecular formula is C10H8N2O4. The number of nitro groups is 2. The van der Waals surface area contributed by atoms with Crippen molar-refractivity contribution in [3.63, 3.8) is 0 Å². The topological polar surface area (TPSA) is 86.3 Å². The number of nitrogens with zero attached hydrogens (tertiary/aromatic N) is 2. The molecule has 6 nitrogen and oxygen atoms in total. The standard InChI is InChI=1S/C10H8N2O4/c13-11(14)6-4-9-2-1-3-10(8-9)5-7-12(15)16/h1-8H/b6-4+,7-5+. The lowest BCUT2D eigenvalue weighted by molar-refractivity contribution is -0.401. The Balaban J connectivity index is 2.87. The van der Waals surface area contributed by atoms with Crippen molar-refractivity contribution in [3.05, 3.63) is 68.0 Å². The maximum absolute atomic E-state index is 10.1. The van der Waals surface area contributed by atoms with E-state index < -0.39 is 9.85 Å². The van der Waals surface area contributed by atoms with Crippen LogP contribution in [0.15, 0.2) is 36.7 Å². The van der Waals surface area contributed by atoms with Gasteiger partial charge in [-0.05, 0) is 17.2 Å². The van der Waals surface area contributed by atoms with Crippen molar-refractivity contribution in [2.75, 3.05) is 0 Å². The summed E-state index contributed by atoms with van der Waals surface area (Å²) in [4.78, 5) is 19.0. The summed E-state index contributed by atoms with van der Waals surface area (Å²) in [5.74, 6) is 0. The third kappa shape index (κ3) is 4.14. The number of hydrogen-bond donors (Lipinski definition) is 0. The fourth-order valence-corrected chi connectivity index (χ4v) is 1.06. The molecular weight excluding hydrogens is 212 g/mol. The van der Waals surface area contributed by atoms with Gasteiger partial charge in [0.1, 0.15) is 0 Å². The van der Waals surface area contributed by atoms with Gasteiger partial charge in [0.25, 0.3) is 0 Å². The van der Waals surface area contributed by atoms with Gasteiger partial charge in [-0.2, -0.15) is 0 Å². The first-order valence-electron chi connectivity index (χ1n) is 4.31. The minimum atomic E-state index is -0.570. The first-order valence-corrected chi connectivity index (χ1v) is 4.31. The molecule has 0 atom stereocenters. The van der Waals surface area contributed by atoms with Crippen LogP contribution in [0.2, 0.25) is 0 Å². The van der Waals surface area contributed by atoms with Gasteiger partial charge in [-0.3, -0.25) is 20.2 Å². The summed E-state index contributed by atoms with van der Waals surface area (Å²) < 4.78 is 0. The smallest absolute Gasteiger partial charge is 0.235 e. The minimum Gasteiger partial charge on any atom is -0.259 e. The lowest BCUT2D eigenvalue weighted by Crippen LogP contribution is -1.84. The Morgan fingerprint density at radius 2 is 1.38 bits per heavy atom. The molecule has 0 heterocycles. The van der Waals surface area contributed by atoms with Gasteiger partial charge in [0.2, 0.25) is 12.4 Å². The van der Waals surface area contributed by atoms with Crippen molar-refractivity contribution < 1.29 is 9.85 Å². The van der Waals surface area contributed by atoms with E-state index in [1.54, 1.807) is 24.3 Å². The quantitative estimate of drug-likeness (QED) is 0.574. The van der Waals surface area contributed by atoms with E-state index in [9.17, 15) is 20.2 Å². The third-order valence-corrected chi connectivity index (χ3v) is 1.69. The molecule has 16 heavy (non-hydrogen) atoms. The lowest BCUT2D eigenvalue weighted by Gasteiger charge is -1.94. The molecule has 0 saturated carbocycles. The Bertz CT molecular complexity index is 426. The van der Waals surface area contributed by atoms with E-state index in [4.69, 9.17) is 0 Å². The SMILES string of the molecule is O=[N+]([O-])/C=C/c1cccc(/C=C/[N+](=O)[O-])c1. The lowest BCUT2D eigenvalue weighted by atomic mass is 10.1. The highest BCUT2D eigenvalue weighted by atomic mass is 16.6. The van der Waals surface area contributed by atoms with Crippen LogP contribution in [0.3, 0.4) is 0 Å². The molecule has 0 aliphatic carbocycles. The summed E-state index contributed by atoms with van der Waals surface area (Å²) in [6, 6.07) is 6.62. The van der Waals surface area contributed by atoms with Gasteiger partial charge in [0.05, 0.1) is 9.85 Å². The first-order chi connectivity index (χ1) is 7.58. The van der Waals surface area contributed by atoms with Crippen molar-refractivity contribution in [2.45, 2.75) is 0 Å².